The number of nitrogens with zero attached hydrogens (tertiary/aromatic N) is 1. The third-order valence-electron chi connectivity index (χ3n) is 4.10. The molecule has 5 heteroatoms. The molecule has 1 saturated heterocycles. The van der Waals surface area contributed by atoms with E-state index in [9.17, 15) is 13.2 Å². The zero-order valence-corrected chi connectivity index (χ0v) is 12.2. The molecule has 0 saturated carbocycles. The summed E-state index contributed by atoms with van der Waals surface area (Å²) >= 11 is 0. The van der Waals surface area contributed by atoms with Crippen LogP contribution >= 0.6 is 0 Å². The lowest BCUT2D eigenvalue weighted by atomic mass is 10.1. The van der Waals surface area contributed by atoms with E-state index in [-0.39, 0.29) is 5.82 Å². The van der Waals surface area contributed by atoms with Gasteiger partial charge in [0.25, 0.3) is 0 Å². The van der Waals surface area contributed by atoms with Crippen molar-refractivity contribution in [3.63, 3.8) is 0 Å². The second-order valence-electron chi connectivity index (χ2n) is 5.61. The molecule has 1 heterocycles. The number of piperazine rings is 1. The van der Waals surface area contributed by atoms with Gasteiger partial charge in [-0.25, -0.2) is 13.2 Å². The summed E-state index contributed by atoms with van der Waals surface area (Å²) in [6.45, 7) is 3.84. The average Bonchev–Trinajstić information content (AvgIpc) is 2.52. The van der Waals surface area contributed by atoms with Crippen molar-refractivity contribution in [2.45, 2.75) is 6.54 Å². The molecule has 2 nitrogen and oxygen atoms in total. The van der Waals surface area contributed by atoms with Crippen molar-refractivity contribution in [1.29, 1.82) is 0 Å². The second-order valence-corrected chi connectivity index (χ2v) is 5.61. The minimum atomic E-state index is -0.817. The Hall–Kier alpha value is -2.01. The summed E-state index contributed by atoms with van der Waals surface area (Å²) in [5.74, 6) is -1.82. The molecule has 3 rings (SSSR count). The van der Waals surface area contributed by atoms with Crippen molar-refractivity contribution in [1.82, 2.24) is 0 Å². The molecular formula is C17H18F3N2+. The molecule has 0 aliphatic carbocycles. The van der Waals surface area contributed by atoms with Crippen molar-refractivity contribution < 1.29 is 18.1 Å². The van der Waals surface area contributed by atoms with Gasteiger partial charge in [-0.05, 0) is 24.3 Å². The number of hydrogen-bond acceptors (Lipinski definition) is 1. The summed E-state index contributed by atoms with van der Waals surface area (Å²) in [6, 6.07) is 10.8. The fraction of sp³-hybridized carbons (Fsp3) is 0.294. The molecule has 116 valence electrons. The molecule has 22 heavy (non-hydrogen) atoms. The van der Waals surface area contributed by atoms with E-state index in [0.29, 0.717) is 12.2 Å². The van der Waals surface area contributed by atoms with E-state index in [1.165, 1.54) is 23.1 Å². The van der Waals surface area contributed by atoms with E-state index < -0.39 is 11.6 Å². The van der Waals surface area contributed by atoms with Gasteiger partial charge in [0.1, 0.15) is 12.4 Å². The van der Waals surface area contributed by atoms with Crippen LogP contribution in [-0.2, 0) is 6.54 Å². The van der Waals surface area contributed by atoms with Crippen LogP contribution in [0.4, 0.5) is 18.9 Å². The molecule has 1 fully saturated rings. The van der Waals surface area contributed by atoms with Crippen LogP contribution in [0.2, 0.25) is 0 Å². The summed E-state index contributed by atoms with van der Waals surface area (Å²) in [7, 11) is 0. The lowest BCUT2D eigenvalue weighted by Crippen LogP contribution is -3.13. The molecule has 2 aromatic carbocycles. The first kappa shape index (κ1) is 14.9. The molecule has 2 aromatic rings. The van der Waals surface area contributed by atoms with Crippen LogP contribution in [-0.4, -0.2) is 26.2 Å². The number of benzene rings is 2. The molecule has 0 unspecified atom stereocenters. The Morgan fingerprint density at radius 2 is 1.59 bits per heavy atom. The number of quaternary nitrogens is 1. The van der Waals surface area contributed by atoms with Gasteiger partial charge in [-0.2, -0.15) is 0 Å². The first-order chi connectivity index (χ1) is 10.6. The number of hydrogen-bond donors (Lipinski definition) is 1. The van der Waals surface area contributed by atoms with Gasteiger partial charge in [-0.15, -0.1) is 0 Å². The van der Waals surface area contributed by atoms with E-state index in [1.807, 2.05) is 11.0 Å². The number of para-hydroxylation sites is 1. The SMILES string of the molecule is Fc1ccc(C[NH+]2CCN(c3ccccc3F)CC2)cc1F. The second kappa shape index (κ2) is 6.40. The van der Waals surface area contributed by atoms with Gasteiger partial charge in [-0.3, -0.25) is 0 Å². The fourth-order valence-electron chi connectivity index (χ4n) is 2.89. The number of nitrogens with one attached hydrogen (secondary N) is 1. The third kappa shape index (κ3) is 3.25. The maximum absolute atomic E-state index is 13.8. The lowest BCUT2D eigenvalue weighted by molar-refractivity contribution is -0.914. The van der Waals surface area contributed by atoms with Gasteiger partial charge >= 0.3 is 0 Å². The Morgan fingerprint density at radius 1 is 0.864 bits per heavy atom. The Bertz CT molecular complexity index is 652. The third-order valence-corrected chi connectivity index (χ3v) is 4.10. The minimum absolute atomic E-state index is 0.202. The maximum Gasteiger partial charge on any atom is 0.159 e. The largest absolute Gasteiger partial charge is 0.358 e. The minimum Gasteiger partial charge on any atom is -0.358 e. The molecular weight excluding hydrogens is 289 g/mol. The number of halogens is 3. The number of anilines is 1. The van der Waals surface area contributed by atoms with Crippen molar-refractivity contribution >= 4 is 5.69 Å². The molecule has 1 aliphatic rings. The first-order valence-corrected chi connectivity index (χ1v) is 7.40. The standard InChI is InChI=1S/C17H17F3N2/c18-14-6-5-13(11-16(14)20)12-21-7-9-22(10-8-21)17-4-2-1-3-15(17)19/h1-6,11H,7-10,12H2/p+1. The van der Waals surface area contributed by atoms with Crippen LogP contribution in [0.5, 0.6) is 0 Å². The van der Waals surface area contributed by atoms with E-state index in [4.69, 9.17) is 0 Å². The molecule has 0 atom stereocenters. The van der Waals surface area contributed by atoms with E-state index in [1.54, 1.807) is 18.2 Å². The average molecular weight is 307 g/mol. The quantitative estimate of drug-likeness (QED) is 0.911. The molecule has 0 aromatic heterocycles. The summed E-state index contributed by atoms with van der Waals surface area (Å²) in [5.41, 5.74) is 1.42. The van der Waals surface area contributed by atoms with Crippen molar-refractivity contribution in [2.75, 3.05) is 31.1 Å². The first-order valence-electron chi connectivity index (χ1n) is 7.40. The Morgan fingerprint density at radius 3 is 2.27 bits per heavy atom. The highest BCUT2D eigenvalue weighted by molar-refractivity contribution is 5.47. The van der Waals surface area contributed by atoms with Gasteiger partial charge < -0.3 is 9.80 Å². The molecule has 0 spiro atoms. The normalized spacial score (nSPS) is 16.0. The van der Waals surface area contributed by atoms with E-state index >= 15 is 0 Å². The predicted octanol–water partition coefficient (Wildman–Crippen LogP) is 2.01. The monoisotopic (exact) mass is 307 g/mol. The van der Waals surface area contributed by atoms with Gasteiger partial charge in [0.15, 0.2) is 11.6 Å². The molecule has 0 amide bonds. The van der Waals surface area contributed by atoms with Gasteiger partial charge in [0.05, 0.1) is 31.9 Å². The van der Waals surface area contributed by atoms with Crippen LogP contribution in [0.1, 0.15) is 5.56 Å². The van der Waals surface area contributed by atoms with Crippen LogP contribution < -0.4 is 9.80 Å². The molecule has 0 bridgehead atoms. The van der Waals surface area contributed by atoms with Crippen LogP contribution in [0.25, 0.3) is 0 Å². The number of rotatable bonds is 3. The predicted molar refractivity (Wildman–Crippen MR) is 79.4 cm³/mol. The van der Waals surface area contributed by atoms with Crippen molar-refractivity contribution in [2.24, 2.45) is 0 Å². The highest BCUT2D eigenvalue weighted by Crippen LogP contribution is 2.18. The Kier molecular flexibility index (Phi) is 4.34. The van der Waals surface area contributed by atoms with E-state index in [2.05, 4.69) is 0 Å². The zero-order chi connectivity index (χ0) is 15.5. The van der Waals surface area contributed by atoms with Gasteiger partial charge in [0, 0.05) is 5.56 Å². The van der Waals surface area contributed by atoms with Crippen LogP contribution in [0, 0.1) is 17.5 Å². The van der Waals surface area contributed by atoms with E-state index in [0.717, 1.165) is 31.7 Å². The summed E-state index contributed by atoms with van der Waals surface area (Å²) in [6.07, 6.45) is 0. The maximum atomic E-state index is 13.8. The Balaban J connectivity index is 1.60. The molecule has 1 aliphatic heterocycles. The summed E-state index contributed by atoms with van der Waals surface area (Å²) in [4.78, 5) is 3.32. The lowest BCUT2D eigenvalue weighted by Gasteiger charge is -2.33. The van der Waals surface area contributed by atoms with Crippen molar-refractivity contribution in [3.05, 3.63) is 65.5 Å². The van der Waals surface area contributed by atoms with Gasteiger partial charge in [-0.1, -0.05) is 18.2 Å². The van der Waals surface area contributed by atoms with Crippen LogP contribution in [0.15, 0.2) is 42.5 Å². The highest BCUT2D eigenvalue weighted by atomic mass is 19.2. The highest BCUT2D eigenvalue weighted by Gasteiger charge is 2.22. The topological polar surface area (TPSA) is 7.68 Å². The summed E-state index contributed by atoms with van der Waals surface area (Å²) in [5, 5.41) is 0. The van der Waals surface area contributed by atoms with Gasteiger partial charge in [0.2, 0.25) is 0 Å². The molecule has 0 radical (unpaired) electrons. The van der Waals surface area contributed by atoms with Crippen LogP contribution in [0.3, 0.4) is 0 Å². The fourth-order valence-corrected chi connectivity index (χ4v) is 2.89. The zero-order valence-electron chi connectivity index (χ0n) is 12.2. The molecule has 1 N–H and O–H groups in total. The summed E-state index contributed by atoms with van der Waals surface area (Å²) < 4.78 is 39.9. The van der Waals surface area contributed by atoms with Crippen molar-refractivity contribution in [3.8, 4) is 0 Å². The Labute approximate surface area is 127 Å². The smallest absolute Gasteiger partial charge is 0.159 e.